The van der Waals surface area contributed by atoms with Crippen LogP contribution >= 0.6 is 0 Å². The fourth-order valence-electron chi connectivity index (χ4n) is 1.34. The van der Waals surface area contributed by atoms with Gasteiger partial charge in [-0.25, -0.2) is 13.1 Å². The fraction of sp³-hybridized carbons (Fsp3) is 0.600. The monoisotopic (exact) mass is 246 g/mol. The molecule has 0 saturated heterocycles. The van der Waals surface area contributed by atoms with Crippen molar-refractivity contribution in [2.45, 2.75) is 19.9 Å². The smallest absolute Gasteiger partial charge is 0.212 e. The highest BCUT2D eigenvalue weighted by Crippen LogP contribution is 2.11. The van der Waals surface area contributed by atoms with Crippen LogP contribution < -0.4 is 10.0 Å². The summed E-state index contributed by atoms with van der Waals surface area (Å²) >= 11 is 0. The van der Waals surface area contributed by atoms with Gasteiger partial charge in [-0.05, 0) is 13.0 Å². The Morgan fingerprint density at radius 3 is 2.81 bits per heavy atom. The van der Waals surface area contributed by atoms with E-state index in [0.717, 1.165) is 5.56 Å². The summed E-state index contributed by atoms with van der Waals surface area (Å²) in [5.41, 5.74) is 1.01. The first-order chi connectivity index (χ1) is 7.55. The van der Waals surface area contributed by atoms with E-state index in [0.29, 0.717) is 13.1 Å². The zero-order valence-electron chi connectivity index (χ0n) is 9.56. The van der Waals surface area contributed by atoms with E-state index in [1.807, 2.05) is 13.0 Å². The number of nitrogens with one attached hydrogen (secondary N) is 2. The Balaban J connectivity index is 2.31. The first kappa shape index (κ1) is 13.2. The lowest BCUT2D eigenvalue weighted by Crippen LogP contribution is -2.32. The zero-order chi connectivity index (χ0) is 12.0. The van der Waals surface area contributed by atoms with E-state index < -0.39 is 10.0 Å². The maximum atomic E-state index is 11.3. The average Bonchev–Trinajstić information content (AvgIpc) is 2.69. The quantitative estimate of drug-likeness (QED) is 0.749. The highest BCUT2D eigenvalue weighted by Gasteiger charge is 2.10. The molecule has 0 amide bonds. The van der Waals surface area contributed by atoms with Crippen molar-refractivity contribution in [1.82, 2.24) is 10.0 Å². The fourth-order valence-corrected chi connectivity index (χ4v) is 2.31. The maximum absolute atomic E-state index is 11.3. The number of furan rings is 1. The first-order valence-corrected chi connectivity index (χ1v) is 6.93. The van der Waals surface area contributed by atoms with Crippen molar-refractivity contribution in [3.63, 3.8) is 0 Å². The molecule has 2 N–H and O–H groups in total. The molecular weight excluding hydrogens is 228 g/mol. The lowest BCUT2D eigenvalue weighted by molar-refractivity contribution is 0.542. The second-order valence-electron chi connectivity index (χ2n) is 3.55. The van der Waals surface area contributed by atoms with Gasteiger partial charge in [-0.1, -0.05) is 6.92 Å². The van der Waals surface area contributed by atoms with E-state index in [9.17, 15) is 8.42 Å². The van der Waals surface area contributed by atoms with Gasteiger partial charge in [-0.3, -0.25) is 0 Å². The van der Waals surface area contributed by atoms with Gasteiger partial charge < -0.3 is 9.73 Å². The van der Waals surface area contributed by atoms with Crippen molar-refractivity contribution < 1.29 is 12.8 Å². The molecule has 0 aliphatic heterocycles. The standard InChI is InChI=1S/C10H18N2O3S/c1-3-12-16(13,14)7-5-11-9(2)10-4-6-15-8-10/h4,6,8-9,11-12H,3,5,7H2,1-2H3. The van der Waals surface area contributed by atoms with E-state index in [1.54, 1.807) is 19.5 Å². The number of hydrogen-bond acceptors (Lipinski definition) is 4. The van der Waals surface area contributed by atoms with Crippen LogP contribution in [0, 0.1) is 0 Å². The molecule has 1 atom stereocenters. The largest absolute Gasteiger partial charge is 0.472 e. The molecule has 1 heterocycles. The van der Waals surface area contributed by atoms with Gasteiger partial charge in [0.1, 0.15) is 0 Å². The SMILES string of the molecule is CCNS(=O)(=O)CCNC(C)c1ccoc1. The Labute approximate surface area is 96.3 Å². The lowest BCUT2D eigenvalue weighted by atomic mass is 10.2. The highest BCUT2D eigenvalue weighted by atomic mass is 32.2. The molecule has 1 aromatic heterocycles. The Bertz CT molecular complexity index is 386. The van der Waals surface area contributed by atoms with Gasteiger partial charge in [-0.15, -0.1) is 0 Å². The van der Waals surface area contributed by atoms with Gasteiger partial charge in [0, 0.05) is 24.7 Å². The van der Waals surface area contributed by atoms with Crippen molar-refractivity contribution in [1.29, 1.82) is 0 Å². The van der Waals surface area contributed by atoms with Crippen molar-refractivity contribution in [2.24, 2.45) is 0 Å². The molecule has 1 rings (SSSR count). The third-order valence-electron chi connectivity index (χ3n) is 2.23. The average molecular weight is 246 g/mol. The minimum Gasteiger partial charge on any atom is -0.472 e. The molecule has 6 heteroatoms. The molecule has 1 aromatic rings. The van der Waals surface area contributed by atoms with E-state index in [2.05, 4.69) is 10.0 Å². The predicted molar refractivity (Wildman–Crippen MR) is 62.6 cm³/mol. The van der Waals surface area contributed by atoms with Gasteiger partial charge in [0.2, 0.25) is 10.0 Å². The molecule has 92 valence electrons. The predicted octanol–water partition coefficient (Wildman–Crippen LogP) is 0.869. The summed E-state index contributed by atoms with van der Waals surface area (Å²) in [5.74, 6) is 0.0863. The van der Waals surface area contributed by atoms with Gasteiger partial charge in [-0.2, -0.15) is 0 Å². The van der Waals surface area contributed by atoms with E-state index in [4.69, 9.17) is 4.42 Å². The van der Waals surface area contributed by atoms with Gasteiger partial charge in [0.25, 0.3) is 0 Å². The molecule has 0 saturated carbocycles. The van der Waals surface area contributed by atoms with Crippen molar-refractivity contribution in [3.8, 4) is 0 Å². The second kappa shape index (κ2) is 6.03. The molecule has 16 heavy (non-hydrogen) atoms. The number of sulfonamides is 1. The van der Waals surface area contributed by atoms with Crippen LogP contribution in [-0.4, -0.2) is 27.3 Å². The second-order valence-corrected chi connectivity index (χ2v) is 5.48. The summed E-state index contributed by atoms with van der Waals surface area (Å²) in [6.45, 7) is 4.57. The molecule has 0 aliphatic carbocycles. The molecule has 0 spiro atoms. The Morgan fingerprint density at radius 1 is 1.50 bits per heavy atom. The summed E-state index contributed by atoms with van der Waals surface area (Å²) in [5, 5.41) is 3.12. The molecule has 0 bridgehead atoms. The Morgan fingerprint density at radius 2 is 2.25 bits per heavy atom. The zero-order valence-corrected chi connectivity index (χ0v) is 10.4. The topological polar surface area (TPSA) is 71.3 Å². The van der Waals surface area contributed by atoms with Crippen LogP contribution in [0.4, 0.5) is 0 Å². The minimum absolute atomic E-state index is 0.0863. The summed E-state index contributed by atoms with van der Waals surface area (Å²) in [7, 11) is -3.13. The number of rotatable bonds is 7. The van der Waals surface area contributed by atoms with Crippen LogP contribution in [0.25, 0.3) is 0 Å². The number of hydrogen-bond donors (Lipinski definition) is 2. The van der Waals surface area contributed by atoms with Gasteiger partial charge in [0.15, 0.2) is 0 Å². The summed E-state index contributed by atoms with van der Waals surface area (Å²) < 4.78 is 30.1. The molecule has 0 radical (unpaired) electrons. The highest BCUT2D eigenvalue weighted by molar-refractivity contribution is 7.89. The molecule has 0 fully saturated rings. The lowest BCUT2D eigenvalue weighted by Gasteiger charge is -2.11. The van der Waals surface area contributed by atoms with Crippen LogP contribution in [0.3, 0.4) is 0 Å². The van der Waals surface area contributed by atoms with Crippen LogP contribution in [0.5, 0.6) is 0 Å². The van der Waals surface area contributed by atoms with E-state index in [-0.39, 0.29) is 11.8 Å². The van der Waals surface area contributed by atoms with Gasteiger partial charge >= 0.3 is 0 Å². The molecular formula is C10H18N2O3S. The molecule has 0 aromatic carbocycles. The van der Waals surface area contributed by atoms with Crippen LogP contribution in [0.15, 0.2) is 23.0 Å². The van der Waals surface area contributed by atoms with Crippen LogP contribution in [-0.2, 0) is 10.0 Å². The van der Waals surface area contributed by atoms with Crippen LogP contribution in [0.1, 0.15) is 25.5 Å². The summed E-state index contributed by atoms with van der Waals surface area (Å²) in [4.78, 5) is 0. The Hall–Kier alpha value is -0.850. The third kappa shape index (κ3) is 4.34. The van der Waals surface area contributed by atoms with Crippen LogP contribution in [0.2, 0.25) is 0 Å². The summed E-state index contributed by atoms with van der Waals surface area (Å²) in [6.07, 6.45) is 3.25. The summed E-state index contributed by atoms with van der Waals surface area (Å²) in [6, 6.07) is 1.95. The normalized spacial score (nSPS) is 13.9. The molecule has 0 aliphatic rings. The molecule has 5 nitrogen and oxygen atoms in total. The van der Waals surface area contributed by atoms with E-state index in [1.165, 1.54) is 0 Å². The van der Waals surface area contributed by atoms with Crippen molar-refractivity contribution in [3.05, 3.63) is 24.2 Å². The van der Waals surface area contributed by atoms with Crippen molar-refractivity contribution in [2.75, 3.05) is 18.8 Å². The van der Waals surface area contributed by atoms with Gasteiger partial charge in [0.05, 0.1) is 18.3 Å². The minimum atomic E-state index is -3.13. The van der Waals surface area contributed by atoms with E-state index >= 15 is 0 Å². The first-order valence-electron chi connectivity index (χ1n) is 5.28. The molecule has 1 unspecified atom stereocenters. The van der Waals surface area contributed by atoms with Crippen molar-refractivity contribution >= 4 is 10.0 Å². The third-order valence-corrected chi connectivity index (χ3v) is 3.70. The Kier molecular flexibility index (Phi) is 4.98. The maximum Gasteiger partial charge on any atom is 0.212 e.